The van der Waals surface area contributed by atoms with Crippen molar-refractivity contribution < 1.29 is 9.90 Å². The zero-order valence-corrected chi connectivity index (χ0v) is 18.4. The molecule has 0 aliphatic heterocycles. The average Bonchev–Trinajstić information content (AvgIpc) is 2.79. The van der Waals surface area contributed by atoms with E-state index < -0.39 is 11.9 Å². The highest BCUT2D eigenvalue weighted by molar-refractivity contribution is 5.90. The SMILES string of the molecule is C=CC(C)C(=O)O.CCCCC.CNc1nc(-c2ccccc2)nc2ccccc12. The van der Waals surface area contributed by atoms with Crippen LogP contribution in [0.4, 0.5) is 5.82 Å². The molecule has 3 rings (SSSR count). The summed E-state index contributed by atoms with van der Waals surface area (Å²) in [6, 6.07) is 18.0. The normalized spacial score (nSPS) is 10.7. The van der Waals surface area contributed by atoms with Crippen LogP contribution in [0.3, 0.4) is 0 Å². The summed E-state index contributed by atoms with van der Waals surface area (Å²) < 4.78 is 0. The van der Waals surface area contributed by atoms with Gasteiger partial charge >= 0.3 is 5.97 Å². The third-order valence-corrected chi connectivity index (χ3v) is 4.32. The van der Waals surface area contributed by atoms with Crippen LogP contribution in [0.1, 0.15) is 40.0 Å². The molecule has 0 amide bonds. The Bertz CT molecular complexity index is 909. The van der Waals surface area contributed by atoms with Crippen molar-refractivity contribution in [2.45, 2.75) is 40.0 Å². The number of nitrogens with one attached hydrogen (secondary N) is 1. The summed E-state index contributed by atoms with van der Waals surface area (Å²) in [6.07, 6.45) is 5.47. The van der Waals surface area contributed by atoms with Gasteiger partial charge in [-0.1, -0.05) is 81.7 Å². The molecule has 3 aromatic rings. The van der Waals surface area contributed by atoms with Gasteiger partial charge in [0.15, 0.2) is 5.82 Å². The van der Waals surface area contributed by atoms with Crippen LogP contribution in [0.25, 0.3) is 22.3 Å². The standard InChI is InChI=1S/C15H13N3.C5H8O2.C5H12/c1-16-15-12-9-5-6-10-13(12)17-14(18-15)11-7-3-2-4-8-11;1-3-4(2)5(6)7;1-3-5-4-2/h2-10H,1H3,(H,16,17,18);3-4H,1H2,2H3,(H,6,7);3-5H2,1-2H3. The van der Waals surface area contributed by atoms with Crippen molar-refractivity contribution >= 4 is 22.7 Å². The molecule has 0 saturated carbocycles. The van der Waals surface area contributed by atoms with E-state index in [0.29, 0.717) is 0 Å². The highest BCUT2D eigenvalue weighted by atomic mass is 16.4. The van der Waals surface area contributed by atoms with Crippen molar-refractivity contribution in [1.82, 2.24) is 9.97 Å². The maximum absolute atomic E-state index is 9.86. The molecule has 0 saturated heterocycles. The molecule has 0 aliphatic carbocycles. The summed E-state index contributed by atoms with van der Waals surface area (Å²) >= 11 is 0. The number of benzene rings is 2. The van der Waals surface area contributed by atoms with Gasteiger partial charge in [0.05, 0.1) is 11.4 Å². The number of rotatable bonds is 6. The van der Waals surface area contributed by atoms with Crippen molar-refractivity contribution in [2.24, 2.45) is 5.92 Å². The van der Waals surface area contributed by atoms with Crippen molar-refractivity contribution in [3.05, 3.63) is 67.3 Å². The Hall–Kier alpha value is -3.21. The van der Waals surface area contributed by atoms with Crippen LogP contribution in [0.15, 0.2) is 67.3 Å². The molecule has 30 heavy (non-hydrogen) atoms. The summed E-state index contributed by atoms with van der Waals surface area (Å²) in [6.45, 7) is 9.30. The maximum atomic E-state index is 9.86. The number of unbranched alkanes of at least 4 members (excludes halogenated alkanes) is 2. The molecule has 5 heteroatoms. The van der Waals surface area contributed by atoms with Gasteiger partial charge in [-0.15, -0.1) is 6.58 Å². The Kier molecular flexibility index (Phi) is 11.5. The smallest absolute Gasteiger partial charge is 0.310 e. The number of hydrogen-bond acceptors (Lipinski definition) is 4. The van der Waals surface area contributed by atoms with Gasteiger partial charge in [0, 0.05) is 18.0 Å². The Balaban J connectivity index is 0.000000313. The minimum absolute atomic E-state index is 0.417. The van der Waals surface area contributed by atoms with Crippen LogP contribution in [0.5, 0.6) is 0 Å². The number of aromatic nitrogens is 2. The molecular formula is C25H33N3O2. The zero-order valence-electron chi connectivity index (χ0n) is 18.4. The summed E-state index contributed by atoms with van der Waals surface area (Å²) in [5, 5.41) is 12.3. The van der Waals surface area contributed by atoms with Gasteiger partial charge in [0.25, 0.3) is 0 Å². The molecular weight excluding hydrogens is 374 g/mol. The first-order valence-electron chi connectivity index (χ1n) is 10.3. The minimum Gasteiger partial charge on any atom is -0.481 e. The number of carboxylic acid groups (broad SMARTS) is 1. The second-order valence-electron chi connectivity index (χ2n) is 6.75. The van der Waals surface area contributed by atoms with Crippen LogP contribution in [-0.2, 0) is 4.79 Å². The quantitative estimate of drug-likeness (QED) is 0.461. The molecule has 2 aromatic carbocycles. The maximum Gasteiger partial charge on any atom is 0.310 e. The van der Waals surface area contributed by atoms with Gasteiger partial charge in [0.2, 0.25) is 0 Å². The molecule has 0 fully saturated rings. The molecule has 0 radical (unpaired) electrons. The third kappa shape index (κ3) is 8.03. The highest BCUT2D eigenvalue weighted by Crippen LogP contribution is 2.24. The first-order chi connectivity index (χ1) is 14.5. The van der Waals surface area contributed by atoms with Crippen molar-refractivity contribution in [3.63, 3.8) is 0 Å². The van der Waals surface area contributed by atoms with Gasteiger partial charge in [-0.25, -0.2) is 9.97 Å². The predicted molar refractivity (Wildman–Crippen MR) is 127 cm³/mol. The topological polar surface area (TPSA) is 75.1 Å². The Labute approximate surface area is 179 Å². The summed E-state index contributed by atoms with van der Waals surface area (Å²) in [5.41, 5.74) is 1.98. The summed E-state index contributed by atoms with van der Waals surface area (Å²) in [4.78, 5) is 19.0. The van der Waals surface area contributed by atoms with E-state index in [1.54, 1.807) is 6.92 Å². The van der Waals surface area contributed by atoms with E-state index in [9.17, 15) is 4.79 Å². The Morgan fingerprint density at radius 2 is 1.67 bits per heavy atom. The van der Waals surface area contributed by atoms with Gasteiger partial charge in [-0.3, -0.25) is 4.79 Å². The fraction of sp³-hybridized carbons (Fsp3) is 0.320. The van der Waals surface area contributed by atoms with Crippen LogP contribution in [0.2, 0.25) is 0 Å². The van der Waals surface area contributed by atoms with Crippen molar-refractivity contribution in [2.75, 3.05) is 12.4 Å². The fourth-order valence-corrected chi connectivity index (χ4v) is 2.44. The molecule has 160 valence electrons. The molecule has 0 bridgehead atoms. The lowest BCUT2D eigenvalue weighted by molar-refractivity contribution is -0.139. The predicted octanol–water partition coefficient (Wildman–Crippen LogP) is 6.43. The first-order valence-corrected chi connectivity index (χ1v) is 10.3. The highest BCUT2D eigenvalue weighted by Gasteiger charge is 2.07. The monoisotopic (exact) mass is 407 g/mol. The lowest BCUT2D eigenvalue weighted by atomic mass is 10.2. The fourth-order valence-electron chi connectivity index (χ4n) is 2.44. The third-order valence-electron chi connectivity index (χ3n) is 4.32. The number of para-hydroxylation sites is 1. The second kappa shape index (κ2) is 13.9. The second-order valence-corrected chi connectivity index (χ2v) is 6.75. The number of carbonyl (C=O) groups is 1. The zero-order chi connectivity index (χ0) is 22.4. The van der Waals surface area contributed by atoms with Crippen LogP contribution < -0.4 is 5.32 Å². The van der Waals surface area contributed by atoms with Crippen LogP contribution >= 0.6 is 0 Å². The molecule has 1 heterocycles. The van der Waals surface area contributed by atoms with Crippen molar-refractivity contribution in [1.29, 1.82) is 0 Å². The lowest BCUT2D eigenvalue weighted by Gasteiger charge is -2.07. The summed E-state index contributed by atoms with van der Waals surface area (Å²) in [5.74, 6) is 0.369. The van der Waals surface area contributed by atoms with Gasteiger partial charge in [-0.05, 0) is 19.1 Å². The Morgan fingerprint density at radius 1 is 1.07 bits per heavy atom. The Morgan fingerprint density at radius 3 is 2.13 bits per heavy atom. The van der Waals surface area contributed by atoms with Gasteiger partial charge in [-0.2, -0.15) is 0 Å². The van der Waals surface area contributed by atoms with E-state index >= 15 is 0 Å². The van der Waals surface area contributed by atoms with Crippen LogP contribution in [-0.4, -0.2) is 28.1 Å². The number of nitrogens with zero attached hydrogens (tertiary/aromatic N) is 2. The average molecular weight is 408 g/mol. The largest absolute Gasteiger partial charge is 0.481 e. The molecule has 1 unspecified atom stereocenters. The van der Waals surface area contributed by atoms with Gasteiger partial charge in [0.1, 0.15) is 5.82 Å². The molecule has 1 atom stereocenters. The van der Waals surface area contributed by atoms with E-state index in [4.69, 9.17) is 5.11 Å². The molecule has 0 aliphatic rings. The first kappa shape index (κ1) is 24.8. The van der Waals surface area contributed by atoms with E-state index in [0.717, 1.165) is 28.1 Å². The number of aliphatic carboxylic acids is 1. The molecule has 1 aromatic heterocycles. The number of carboxylic acids is 1. The molecule has 2 N–H and O–H groups in total. The van der Waals surface area contributed by atoms with E-state index in [-0.39, 0.29) is 0 Å². The number of fused-ring (bicyclic) bond motifs is 1. The van der Waals surface area contributed by atoms with E-state index in [2.05, 4.69) is 35.7 Å². The lowest BCUT2D eigenvalue weighted by Crippen LogP contribution is -2.04. The van der Waals surface area contributed by atoms with Crippen LogP contribution in [0, 0.1) is 5.92 Å². The van der Waals surface area contributed by atoms with E-state index in [1.165, 1.54) is 25.3 Å². The van der Waals surface area contributed by atoms with Crippen molar-refractivity contribution in [3.8, 4) is 11.4 Å². The molecule has 5 nitrogen and oxygen atoms in total. The number of anilines is 1. The summed E-state index contributed by atoms with van der Waals surface area (Å²) in [7, 11) is 1.88. The minimum atomic E-state index is -0.824. The van der Waals surface area contributed by atoms with Gasteiger partial charge < -0.3 is 10.4 Å². The molecule has 0 spiro atoms. The van der Waals surface area contributed by atoms with E-state index in [1.807, 2.05) is 61.6 Å². The number of hydrogen-bond donors (Lipinski definition) is 2.